The van der Waals surface area contributed by atoms with Gasteiger partial charge in [0.05, 0.1) is 22.0 Å². The predicted octanol–water partition coefficient (Wildman–Crippen LogP) is 5.33. The summed E-state index contributed by atoms with van der Waals surface area (Å²) < 4.78 is 5.39. The lowest BCUT2D eigenvalue weighted by Crippen LogP contribution is -2.20. The van der Waals surface area contributed by atoms with Crippen molar-refractivity contribution in [1.82, 2.24) is 14.0 Å². The maximum absolute atomic E-state index is 13.3. The molecule has 0 saturated heterocycles. The molecule has 0 aliphatic rings. The van der Waals surface area contributed by atoms with Gasteiger partial charge in [0, 0.05) is 18.1 Å². The van der Waals surface area contributed by atoms with E-state index < -0.39 is 0 Å². The number of para-hydroxylation sites is 1. The summed E-state index contributed by atoms with van der Waals surface area (Å²) in [6.45, 7) is 6.14. The fourth-order valence-electron chi connectivity index (χ4n) is 3.38. The number of hydrogen-bond donors (Lipinski definition) is 0. The molecule has 3 aromatic heterocycles. The van der Waals surface area contributed by atoms with Crippen LogP contribution in [0.3, 0.4) is 0 Å². The number of thiophene rings is 1. The highest BCUT2D eigenvalue weighted by Crippen LogP contribution is 2.26. The number of hydrogen-bond acceptors (Lipinski definition) is 5. The van der Waals surface area contributed by atoms with Crippen LogP contribution in [0.2, 0.25) is 0 Å². The van der Waals surface area contributed by atoms with Gasteiger partial charge in [-0.25, -0.2) is 14.4 Å². The van der Waals surface area contributed by atoms with Crippen molar-refractivity contribution >= 4 is 34.1 Å². The average Bonchev–Trinajstić information content (AvgIpc) is 3.49. The minimum Gasteiger partial charge on any atom is -0.283 e. The lowest BCUT2D eigenvalue weighted by atomic mass is 10.2. The number of nitrogens with zero attached hydrogens (tertiary/aromatic N) is 5. The molecule has 0 atom stereocenters. The zero-order chi connectivity index (χ0) is 22.0. The number of thiazole rings is 1. The molecule has 3 heterocycles. The molecule has 0 aliphatic heterocycles. The number of rotatable bonds is 6. The molecule has 31 heavy (non-hydrogen) atoms. The zero-order valence-electron chi connectivity index (χ0n) is 18.1. The van der Waals surface area contributed by atoms with Crippen molar-refractivity contribution < 1.29 is 0 Å². The third kappa shape index (κ3) is 4.00. The summed E-state index contributed by atoms with van der Waals surface area (Å²) >= 11 is 3.17. The van der Waals surface area contributed by atoms with Gasteiger partial charge in [-0.3, -0.25) is 9.48 Å². The summed E-state index contributed by atoms with van der Waals surface area (Å²) in [5.74, 6) is 0. The van der Waals surface area contributed by atoms with E-state index in [0.29, 0.717) is 10.5 Å². The van der Waals surface area contributed by atoms with E-state index >= 15 is 0 Å². The second-order valence-corrected chi connectivity index (χ2v) is 8.87. The van der Waals surface area contributed by atoms with Gasteiger partial charge >= 0.3 is 0 Å². The van der Waals surface area contributed by atoms with Crippen LogP contribution in [0.5, 0.6) is 0 Å². The van der Waals surface area contributed by atoms with Crippen molar-refractivity contribution in [2.45, 2.75) is 33.6 Å². The van der Waals surface area contributed by atoms with Crippen LogP contribution >= 0.6 is 22.7 Å². The maximum Gasteiger partial charge on any atom is 0.297 e. The Morgan fingerprint density at radius 3 is 2.42 bits per heavy atom. The Morgan fingerprint density at radius 2 is 1.77 bits per heavy atom. The molecule has 0 N–H and O–H groups in total. The molecule has 0 amide bonds. The predicted molar refractivity (Wildman–Crippen MR) is 130 cm³/mol. The van der Waals surface area contributed by atoms with Crippen molar-refractivity contribution in [1.29, 1.82) is 0 Å². The molecule has 8 heteroatoms. The van der Waals surface area contributed by atoms with Crippen LogP contribution in [-0.4, -0.2) is 19.8 Å². The normalized spacial score (nSPS) is 11.8. The van der Waals surface area contributed by atoms with Crippen molar-refractivity contribution in [3.05, 3.63) is 74.1 Å². The van der Waals surface area contributed by atoms with Crippen LogP contribution in [0.25, 0.3) is 16.3 Å². The first kappa shape index (κ1) is 21.3. The Kier molecular flexibility index (Phi) is 6.20. The first-order chi connectivity index (χ1) is 15.0. The van der Waals surface area contributed by atoms with Gasteiger partial charge in [0.25, 0.3) is 5.56 Å². The Balaban J connectivity index is 1.95. The van der Waals surface area contributed by atoms with Gasteiger partial charge in [-0.1, -0.05) is 38.1 Å². The van der Waals surface area contributed by atoms with Crippen LogP contribution in [0.4, 0.5) is 5.69 Å². The van der Waals surface area contributed by atoms with E-state index in [1.807, 2.05) is 59.7 Å². The van der Waals surface area contributed by atoms with Crippen molar-refractivity contribution in [3.8, 4) is 16.3 Å². The highest BCUT2D eigenvalue weighted by Gasteiger charge is 2.17. The summed E-state index contributed by atoms with van der Waals surface area (Å²) in [6.07, 6.45) is 1.74. The monoisotopic (exact) mass is 451 g/mol. The zero-order valence-corrected chi connectivity index (χ0v) is 19.7. The van der Waals surface area contributed by atoms with Gasteiger partial charge in [-0.15, -0.1) is 22.7 Å². The van der Waals surface area contributed by atoms with Crippen LogP contribution in [0.1, 0.15) is 32.4 Å². The Morgan fingerprint density at radius 1 is 1.03 bits per heavy atom. The standard InChI is InChI=1S/C23H25N5OS2/c1-5-17(6-2)25-27-19(20-13-10-14-30-20)15-31-23(27)24-21-16(3)26(4)28(22(21)29)18-11-8-7-9-12-18/h7-15H,5-6H2,1-4H3. The molecule has 0 spiro atoms. The van der Waals surface area contributed by atoms with Crippen LogP contribution in [-0.2, 0) is 7.05 Å². The molecular weight excluding hydrogens is 426 g/mol. The SMILES string of the molecule is CCC(CC)=Nn1c(-c2cccs2)csc1=Nc1c(C)n(C)n(-c2ccccc2)c1=O. The van der Waals surface area contributed by atoms with Gasteiger partial charge in [-0.2, -0.15) is 5.10 Å². The maximum atomic E-state index is 13.3. The highest BCUT2D eigenvalue weighted by atomic mass is 32.1. The van der Waals surface area contributed by atoms with E-state index in [4.69, 9.17) is 10.1 Å². The van der Waals surface area contributed by atoms with Gasteiger partial charge in [0.2, 0.25) is 4.80 Å². The van der Waals surface area contributed by atoms with Gasteiger partial charge in [0.1, 0.15) is 0 Å². The molecular formula is C23H25N5OS2. The summed E-state index contributed by atoms with van der Waals surface area (Å²) in [6, 6.07) is 13.7. The molecule has 1 aromatic carbocycles. The largest absolute Gasteiger partial charge is 0.297 e. The van der Waals surface area contributed by atoms with Gasteiger partial charge in [-0.05, 0) is 43.3 Å². The average molecular weight is 452 g/mol. The minimum atomic E-state index is -0.140. The van der Waals surface area contributed by atoms with E-state index in [1.165, 1.54) is 11.3 Å². The fraction of sp³-hybridized carbons (Fsp3) is 0.261. The van der Waals surface area contributed by atoms with Crippen LogP contribution in [0, 0.1) is 6.92 Å². The Hall–Kier alpha value is -2.97. The summed E-state index contributed by atoms with van der Waals surface area (Å²) in [7, 11) is 1.88. The number of benzene rings is 1. The van der Waals surface area contributed by atoms with E-state index in [0.717, 1.165) is 40.5 Å². The minimum absolute atomic E-state index is 0.140. The van der Waals surface area contributed by atoms with Crippen LogP contribution in [0.15, 0.2) is 68.1 Å². The molecule has 160 valence electrons. The number of aromatic nitrogens is 3. The molecule has 0 unspecified atom stereocenters. The third-order valence-corrected chi connectivity index (χ3v) is 6.96. The molecule has 0 fully saturated rings. The van der Waals surface area contributed by atoms with E-state index in [9.17, 15) is 4.79 Å². The lowest BCUT2D eigenvalue weighted by molar-refractivity contribution is 0.630. The second kappa shape index (κ2) is 9.03. The fourth-order valence-corrected chi connectivity index (χ4v) is 5.01. The third-order valence-electron chi connectivity index (χ3n) is 5.25. The van der Waals surface area contributed by atoms with Crippen molar-refractivity contribution in [3.63, 3.8) is 0 Å². The van der Waals surface area contributed by atoms with Gasteiger partial charge < -0.3 is 0 Å². The quantitative estimate of drug-likeness (QED) is 0.366. The topological polar surface area (TPSA) is 56.6 Å². The molecule has 6 nitrogen and oxygen atoms in total. The highest BCUT2D eigenvalue weighted by molar-refractivity contribution is 7.14. The lowest BCUT2D eigenvalue weighted by Gasteiger charge is -2.07. The summed E-state index contributed by atoms with van der Waals surface area (Å²) in [5, 5.41) is 9.01. The van der Waals surface area contributed by atoms with Crippen molar-refractivity contribution in [2.75, 3.05) is 0 Å². The van der Waals surface area contributed by atoms with E-state index in [-0.39, 0.29) is 5.56 Å². The first-order valence-electron chi connectivity index (χ1n) is 10.2. The van der Waals surface area contributed by atoms with E-state index in [2.05, 4.69) is 30.7 Å². The smallest absolute Gasteiger partial charge is 0.283 e. The molecule has 0 saturated carbocycles. The van der Waals surface area contributed by atoms with Gasteiger partial charge in [0.15, 0.2) is 5.69 Å². The summed E-state index contributed by atoms with van der Waals surface area (Å²) in [4.78, 5) is 19.9. The molecule has 0 aliphatic carbocycles. The van der Waals surface area contributed by atoms with Crippen LogP contribution < -0.4 is 10.4 Å². The summed E-state index contributed by atoms with van der Waals surface area (Å²) in [5.41, 5.74) is 4.00. The molecule has 0 bridgehead atoms. The second-order valence-electron chi connectivity index (χ2n) is 7.09. The Bertz CT molecular complexity index is 1330. The molecule has 0 radical (unpaired) electrons. The Labute approximate surface area is 189 Å². The first-order valence-corrected chi connectivity index (χ1v) is 12.0. The van der Waals surface area contributed by atoms with Crippen molar-refractivity contribution in [2.24, 2.45) is 17.1 Å². The van der Waals surface area contributed by atoms with E-state index in [1.54, 1.807) is 16.0 Å². The molecule has 4 rings (SSSR count). The molecule has 4 aromatic rings.